The zero-order valence-corrected chi connectivity index (χ0v) is 14.9. The van der Waals surface area contributed by atoms with Crippen molar-refractivity contribution in [3.05, 3.63) is 47.5 Å². The summed E-state index contributed by atoms with van der Waals surface area (Å²) in [7, 11) is 0. The lowest BCUT2D eigenvalue weighted by molar-refractivity contribution is -0.274. The van der Waals surface area contributed by atoms with Gasteiger partial charge in [-0.2, -0.15) is 0 Å². The van der Waals surface area contributed by atoms with Crippen LogP contribution in [0.4, 0.5) is 18.9 Å². The van der Waals surface area contributed by atoms with Crippen molar-refractivity contribution in [1.29, 1.82) is 0 Å². The van der Waals surface area contributed by atoms with Crippen molar-refractivity contribution in [2.75, 3.05) is 4.90 Å². The van der Waals surface area contributed by atoms with Gasteiger partial charge in [-0.25, -0.2) is 0 Å². The Kier molecular flexibility index (Phi) is 4.69. The van der Waals surface area contributed by atoms with Gasteiger partial charge in [0, 0.05) is 23.7 Å². The first kappa shape index (κ1) is 18.3. The van der Waals surface area contributed by atoms with E-state index in [0.717, 1.165) is 16.8 Å². The van der Waals surface area contributed by atoms with Crippen LogP contribution >= 0.6 is 0 Å². The number of hydrogen-bond acceptors (Lipinski definition) is 2. The van der Waals surface area contributed by atoms with E-state index < -0.39 is 6.36 Å². The Bertz CT molecular complexity index is 843. The van der Waals surface area contributed by atoms with Gasteiger partial charge in [-0.3, -0.25) is 4.79 Å². The van der Waals surface area contributed by atoms with Crippen LogP contribution in [-0.4, -0.2) is 18.3 Å². The van der Waals surface area contributed by atoms with Gasteiger partial charge in [0.25, 0.3) is 0 Å². The number of rotatable bonds is 3. The molecule has 0 fully saturated rings. The lowest BCUT2D eigenvalue weighted by Gasteiger charge is -2.33. The number of nitrogens with zero attached hydrogens (tertiary/aromatic N) is 1. The monoisotopic (exact) mass is 363 g/mol. The predicted molar refractivity (Wildman–Crippen MR) is 94.2 cm³/mol. The number of hydrogen-bond donors (Lipinski definition) is 0. The fourth-order valence-electron chi connectivity index (χ4n) is 3.44. The summed E-state index contributed by atoms with van der Waals surface area (Å²) in [6.45, 7) is 5.70. The molecule has 0 radical (unpaired) electrons. The van der Waals surface area contributed by atoms with Gasteiger partial charge in [0.2, 0.25) is 5.91 Å². The van der Waals surface area contributed by atoms with E-state index in [1.165, 1.54) is 12.1 Å². The van der Waals surface area contributed by atoms with Gasteiger partial charge < -0.3 is 9.64 Å². The molecule has 1 aliphatic rings. The topological polar surface area (TPSA) is 29.5 Å². The van der Waals surface area contributed by atoms with E-state index in [2.05, 4.69) is 4.74 Å². The lowest BCUT2D eigenvalue weighted by Crippen LogP contribution is -2.40. The predicted octanol–water partition coefficient (Wildman–Crippen LogP) is 5.25. The Labute approximate surface area is 150 Å². The maximum Gasteiger partial charge on any atom is 0.573 e. The number of ether oxygens (including phenoxy) is 1. The van der Waals surface area contributed by atoms with E-state index >= 15 is 0 Å². The van der Waals surface area contributed by atoms with Gasteiger partial charge >= 0.3 is 6.36 Å². The van der Waals surface area contributed by atoms with E-state index in [1.54, 1.807) is 23.1 Å². The maximum atomic E-state index is 12.8. The van der Waals surface area contributed by atoms with Crippen molar-refractivity contribution < 1.29 is 22.7 Å². The third kappa shape index (κ3) is 3.54. The van der Waals surface area contributed by atoms with E-state index in [0.29, 0.717) is 24.0 Å². The average Bonchev–Trinajstić information content (AvgIpc) is 2.53. The van der Waals surface area contributed by atoms with Crippen molar-refractivity contribution in [2.24, 2.45) is 0 Å². The first-order valence-electron chi connectivity index (χ1n) is 8.48. The van der Waals surface area contributed by atoms with Crippen LogP contribution in [0.3, 0.4) is 0 Å². The molecule has 1 amide bonds. The number of aryl methyl sites for hydroxylation is 2. The zero-order valence-electron chi connectivity index (χ0n) is 14.9. The Balaban J connectivity index is 2.15. The minimum atomic E-state index is -4.77. The van der Waals surface area contributed by atoms with Crippen LogP contribution in [0.25, 0.3) is 11.1 Å². The molecule has 0 aromatic heterocycles. The van der Waals surface area contributed by atoms with E-state index in [1.807, 2.05) is 26.8 Å². The number of amides is 1. The summed E-state index contributed by atoms with van der Waals surface area (Å²) in [6.07, 6.45) is -3.69. The Morgan fingerprint density at radius 2 is 1.77 bits per heavy atom. The highest BCUT2D eigenvalue weighted by Gasteiger charge is 2.33. The van der Waals surface area contributed by atoms with E-state index in [9.17, 15) is 18.0 Å². The Hall–Kier alpha value is -2.50. The molecular weight excluding hydrogens is 343 g/mol. The molecule has 26 heavy (non-hydrogen) atoms. The van der Waals surface area contributed by atoms with Gasteiger partial charge in [0.1, 0.15) is 5.75 Å². The lowest BCUT2D eigenvalue weighted by atomic mass is 9.91. The third-order valence-electron chi connectivity index (χ3n) is 4.48. The number of benzene rings is 2. The number of para-hydroxylation sites is 1. The highest BCUT2D eigenvalue weighted by Crippen LogP contribution is 2.40. The molecule has 6 heteroatoms. The Morgan fingerprint density at radius 3 is 2.42 bits per heavy atom. The van der Waals surface area contributed by atoms with Crippen molar-refractivity contribution in [2.45, 2.75) is 46.0 Å². The van der Waals surface area contributed by atoms with Gasteiger partial charge in [-0.05, 0) is 56.0 Å². The van der Waals surface area contributed by atoms with Gasteiger partial charge in [0.15, 0.2) is 0 Å². The minimum absolute atomic E-state index is 0.0289. The minimum Gasteiger partial charge on any atom is -0.405 e. The highest BCUT2D eigenvalue weighted by molar-refractivity contribution is 5.98. The molecule has 1 aliphatic heterocycles. The molecular formula is C20H20F3NO2. The smallest absolute Gasteiger partial charge is 0.405 e. The second-order valence-corrected chi connectivity index (χ2v) is 6.70. The van der Waals surface area contributed by atoms with Gasteiger partial charge in [-0.15, -0.1) is 13.2 Å². The summed E-state index contributed by atoms with van der Waals surface area (Å²) in [5.74, 6) is -0.219. The first-order chi connectivity index (χ1) is 12.2. The molecule has 3 nitrogen and oxygen atoms in total. The molecule has 3 rings (SSSR count). The fraction of sp³-hybridized carbons (Fsp3) is 0.350. The SMILES string of the molecule is Cc1cc2c(cc1-c1ccccc1OC(F)(F)F)N(C(C)C)C(=O)CC2. The van der Waals surface area contributed by atoms with Crippen LogP contribution in [0.15, 0.2) is 36.4 Å². The maximum absolute atomic E-state index is 12.8. The second kappa shape index (κ2) is 6.67. The number of carbonyl (C=O) groups is 1. The number of anilines is 1. The highest BCUT2D eigenvalue weighted by atomic mass is 19.4. The van der Waals surface area contributed by atoms with Crippen molar-refractivity contribution >= 4 is 11.6 Å². The molecule has 0 N–H and O–H groups in total. The summed E-state index contributed by atoms with van der Waals surface area (Å²) in [4.78, 5) is 14.1. The quantitative estimate of drug-likeness (QED) is 0.746. The number of fused-ring (bicyclic) bond motifs is 1. The van der Waals surface area contributed by atoms with E-state index in [4.69, 9.17) is 0 Å². The van der Waals surface area contributed by atoms with Crippen LogP contribution < -0.4 is 9.64 Å². The molecule has 0 spiro atoms. The normalized spacial score (nSPS) is 14.6. The van der Waals surface area contributed by atoms with Crippen molar-refractivity contribution in [3.63, 3.8) is 0 Å². The molecule has 0 atom stereocenters. The summed E-state index contributed by atoms with van der Waals surface area (Å²) in [5, 5.41) is 0. The number of halogens is 3. The van der Waals surface area contributed by atoms with Crippen LogP contribution in [0, 0.1) is 6.92 Å². The molecule has 0 saturated carbocycles. The fourth-order valence-corrected chi connectivity index (χ4v) is 3.44. The van der Waals surface area contributed by atoms with Gasteiger partial charge in [0.05, 0.1) is 0 Å². The van der Waals surface area contributed by atoms with Crippen LogP contribution in [0.5, 0.6) is 5.75 Å². The summed E-state index contributed by atoms with van der Waals surface area (Å²) >= 11 is 0. The zero-order chi connectivity index (χ0) is 19.1. The molecule has 2 aromatic rings. The van der Waals surface area contributed by atoms with Gasteiger partial charge in [-0.1, -0.05) is 24.3 Å². The molecule has 2 aromatic carbocycles. The second-order valence-electron chi connectivity index (χ2n) is 6.70. The largest absolute Gasteiger partial charge is 0.573 e. The van der Waals surface area contributed by atoms with E-state index in [-0.39, 0.29) is 17.7 Å². The first-order valence-corrected chi connectivity index (χ1v) is 8.48. The molecule has 0 unspecified atom stereocenters. The number of carbonyl (C=O) groups excluding carboxylic acids is 1. The summed E-state index contributed by atoms with van der Waals surface area (Å²) in [6, 6.07) is 9.80. The number of alkyl halides is 3. The van der Waals surface area contributed by atoms with Crippen LogP contribution in [0.1, 0.15) is 31.4 Å². The molecule has 0 saturated heterocycles. The molecule has 1 heterocycles. The van der Waals surface area contributed by atoms with Crippen molar-refractivity contribution in [1.82, 2.24) is 0 Å². The summed E-state index contributed by atoms with van der Waals surface area (Å²) < 4.78 is 42.5. The van der Waals surface area contributed by atoms with Crippen LogP contribution in [-0.2, 0) is 11.2 Å². The Morgan fingerprint density at radius 1 is 1.08 bits per heavy atom. The van der Waals surface area contributed by atoms with Crippen molar-refractivity contribution in [3.8, 4) is 16.9 Å². The molecule has 0 bridgehead atoms. The third-order valence-corrected chi connectivity index (χ3v) is 4.48. The van der Waals surface area contributed by atoms with Crippen LogP contribution in [0.2, 0.25) is 0 Å². The molecule has 138 valence electrons. The molecule has 0 aliphatic carbocycles. The average molecular weight is 363 g/mol. The standard InChI is InChI=1S/C20H20F3NO2/c1-12(2)24-17-11-16(13(3)10-14(17)8-9-19(24)25)15-6-4-5-7-18(15)26-20(21,22)23/h4-7,10-12H,8-9H2,1-3H3. The summed E-state index contributed by atoms with van der Waals surface area (Å²) in [5.41, 5.74) is 3.63.